The summed E-state index contributed by atoms with van der Waals surface area (Å²) < 4.78 is 10.00. The fourth-order valence-electron chi connectivity index (χ4n) is 1.91. The van der Waals surface area contributed by atoms with E-state index in [0.717, 1.165) is 17.9 Å². The van der Waals surface area contributed by atoms with Gasteiger partial charge in [0.2, 0.25) is 0 Å². The lowest BCUT2D eigenvalue weighted by Gasteiger charge is -2.11. The largest absolute Gasteiger partial charge is 0.489 e. The molecule has 0 saturated carbocycles. The molecule has 0 unspecified atom stereocenters. The van der Waals surface area contributed by atoms with Crippen LogP contribution in [0.25, 0.3) is 0 Å². The molecule has 0 aliphatic carbocycles. The first-order valence-electron chi connectivity index (χ1n) is 6.99. The van der Waals surface area contributed by atoms with Crippen molar-refractivity contribution < 1.29 is 19.1 Å². The minimum Gasteiger partial charge on any atom is -0.489 e. The number of rotatable bonds is 3. The monoisotopic (exact) mass is 298 g/mol. The van der Waals surface area contributed by atoms with Gasteiger partial charge in [-0.15, -0.1) is 0 Å². The Morgan fingerprint density at radius 1 is 1.09 bits per heavy atom. The van der Waals surface area contributed by atoms with E-state index in [9.17, 15) is 9.59 Å². The van der Waals surface area contributed by atoms with Crippen molar-refractivity contribution in [1.29, 1.82) is 0 Å². The number of Topliss-reactive ketones (excluding diaryl/α,β-unsaturated/α-hetero) is 1. The fourth-order valence-corrected chi connectivity index (χ4v) is 1.91. The molecule has 4 nitrogen and oxygen atoms in total. The molecule has 2 aliphatic heterocycles. The van der Waals surface area contributed by atoms with Gasteiger partial charge in [0.1, 0.15) is 19.0 Å². The fraction of sp³-hybridized carbons (Fsp3) is 0.222. The van der Waals surface area contributed by atoms with Crippen LogP contribution in [0.1, 0.15) is 35.3 Å². The van der Waals surface area contributed by atoms with Crippen molar-refractivity contribution in [3.63, 3.8) is 0 Å². The van der Waals surface area contributed by atoms with Crippen LogP contribution in [0.3, 0.4) is 0 Å². The minimum atomic E-state index is -0.321. The zero-order chi connectivity index (χ0) is 15.9. The molecule has 0 spiro atoms. The Morgan fingerprint density at radius 3 is 2.23 bits per heavy atom. The Balaban J connectivity index is 0.000000183. The number of esters is 1. The first-order chi connectivity index (χ1) is 10.5. The maximum Gasteiger partial charge on any atom is 0.302 e. The predicted octanol–water partition coefficient (Wildman–Crippen LogP) is 3.53. The van der Waals surface area contributed by atoms with Crippen LogP contribution in [0.15, 0.2) is 48.5 Å². The first-order valence-corrected chi connectivity index (χ1v) is 6.99. The molecule has 0 saturated heterocycles. The number of ether oxygens (including phenoxy) is 2. The average molecular weight is 298 g/mol. The van der Waals surface area contributed by atoms with E-state index in [1.807, 2.05) is 18.2 Å². The van der Waals surface area contributed by atoms with Crippen molar-refractivity contribution in [2.45, 2.75) is 27.1 Å². The third-order valence-electron chi connectivity index (χ3n) is 3.10. The summed E-state index contributed by atoms with van der Waals surface area (Å²) >= 11 is 0. The smallest absolute Gasteiger partial charge is 0.302 e. The third kappa shape index (κ3) is 4.74. The Labute approximate surface area is 129 Å². The number of hydrogen-bond acceptors (Lipinski definition) is 4. The maximum absolute atomic E-state index is 11.0. The van der Waals surface area contributed by atoms with E-state index in [-0.39, 0.29) is 18.4 Å². The highest BCUT2D eigenvalue weighted by Gasteiger charge is 2.02. The topological polar surface area (TPSA) is 52.6 Å². The molecule has 4 rings (SSSR count). The Bertz CT molecular complexity index is 636. The highest BCUT2D eigenvalue weighted by Crippen LogP contribution is 2.19. The van der Waals surface area contributed by atoms with Crippen molar-refractivity contribution in [3.8, 4) is 5.75 Å². The van der Waals surface area contributed by atoms with Gasteiger partial charge in [-0.1, -0.05) is 30.3 Å². The molecule has 2 aliphatic rings. The molecule has 114 valence electrons. The molecule has 22 heavy (non-hydrogen) atoms. The Kier molecular flexibility index (Phi) is 5.31. The first kappa shape index (κ1) is 15.8. The zero-order valence-electron chi connectivity index (χ0n) is 12.7. The predicted molar refractivity (Wildman–Crippen MR) is 82.7 cm³/mol. The molecule has 0 aromatic heterocycles. The number of hydrogen-bond donors (Lipinski definition) is 0. The van der Waals surface area contributed by atoms with Gasteiger partial charge in [-0.2, -0.15) is 0 Å². The number of ketones is 1. The summed E-state index contributed by atoms with van der Waals surface area (Å²) in [6.07, 6.45) is 0. The van der Waals surface area contributed by atoms with Crippen LogP contribution in [-0.4, -0.2) is 11.8 Å². The summed E-state index contributed by atoms with van der Waals surface area (Å²) in [5.74, 6) is 0.674. The number of benzene rings is 2. The van der Waals surface area contributed by atoms with Gasteiger partial charge in [-0.25, -0.2) is 0 Å². The van der Waals surface area contributed by atoms with Crippen molar-refractivity contribution in [2.24, 2.45) is 0 Å². The highest BCUT2D eigenvalue weighted by atomic mass is 16.5. The SMILES string of the molecule is CC(=O)OCc1cccc(C(C)=O)c1.c1cc2ccc1CO2. The molecular weight excluding hydrogens is 280 g/mol. The van der Waals surface area contributed by atoms with Crippen molar-refractivity contribution in [2.75, 3.05) is 0 Å². The third-order valence-corrected chi connectivity index (χ3v) is 3.10. The summed E-state index contributed by atoms with van der Waals surface area (Å²) in [5, 5.41) is 0. The lowest BCUT2D eigenvalue weighted by atomic mass is 10.1. The summed E-state index contributed by atoms with van der Waals surface area (Å²) in [5.41, 5.74) is 2.72. The van der Waals surface area contributed by atoms with Crippen LogP contribution < -0.4 is 4.74 Å². The second kappa shape index (κ2) is 7.41. The van der Waals surface area contributed by atoms with Crippen molar-refractivity contribution in [1.82, 2.24) is 0 Å². The molecular formula is C18H18O4. The molecule has 0 fully saturated rings. The van der Waals surface area contributed by atoms with Crippen molar-refractivity contribution >= 4 is 11.8 Å². The van der Waals surface area contributed by atoms with Gasteiger partial charge in [-0.3, -0.25) is 9.59 Å². The van der Waals surface area contributed by atoms with E-state index in [4.69, 9.17) is 9.47 Å². The molecule has 2 aromatic carbocycles. The van der Waals surface area contributed by atoms with E-state index >= 15 is 0 Å². The normalized spacial score (nSPS) is 11.0. The van der Waals surface area contributed by atoms with Gasteiger partial charge < -0.3 is 9.47 Å². The molecule has 2 aromatic rings. The van der Waals surface area contributed by atoms with Crippen LogP contribution in [0.4, 0.5) is 0 Å². The van der Waals surface area contributed by atoms with Gasteiger partial charge in [0.25, 0.3) is 0 Å². The van der Waals surface area contributed by atoms with Crippen LogP contribution in [0.5, 0.6) is 5.75 Å². The van der Waals surface area contributed by atoms with E-state index < -0.39 is 0 Å². The maximum atomic E-state index is 11.0. The van der Waals surface area contributed by atoms with E-state index in [0.29, 0.717) is 5.56 Å². The standard InChI is InChI=1S/C11H12O3.C7H6O/c1-8(12)11-5-3-4-10(6-11)7-14-9(2)13;1-3-7-4-2-6(1)5-8-7/h3-6H,7H2,1-2H3;1-4H,5H2. The average Bonchev–Trinajstić information content (AvgIpc) is 2.55. The second-order valence-corrected chi connectivity index (χ2v) is 4.97. The van der Waals surface area contributed by atoms with E-state index in [1.165, 1.54) is 19.4 Å². The molecule has 4 heteroatoms. The lowest BCUT2D eigenvalue weighted by molar-refractivity contribution is -0.142. The van der Waals surface area contributed by atoms with Crippen molar-refractivity contribution in [3.05, 3.63) is 65.2 Å². The van der Waals surface area contributed by atoms with Gasteiger partial charge in [0.05, 0.1) is 0 Å². The summed E-state index contributed by atoms with van der Waals surface area (Å²) in [6, 6.07) is 15.2. The second-order valence-electron chi connectivity index (χ2n) is 4.97. The number of fused-ring (bicyclic) bond motifs is 3. The van der Waals surface area contributed by atoms with Crippen LogP contribution in [-0.2, 0) is 22.7 Å². The number of carbonyl (C=O) groups excluding carboxylic acids is 2. The molecule has 2 bridgehead atoms. The van der Waals surface area contributed by atoms with Gasteiger partial charge in [0.15, 0.2) is 5.78 Å². The molecule has 0 atom stereocenters. The summed E-state index contributed by atoms with van der Waals surface area (Å²) in [7, 11) is 0. The summed E-state index contributed by atoms with van der Waals surface area (Å²) in [6.45, 7) is 3.85. The van der Waals surface area contributed by atoms with Gasteiger partial charge >= 0.3 is 5.97 Å². The molecule has 0 N–H and O–H groups in total. The van der Waals surface area contributed by atoms with Crippen LogP contribution >= 0.6 is 0 Å². The molecule has 2 heterocycles. The highest BCUT2D eigenvalue weighted by molar-refractivity contribution is 5.94. The quantitative estimate of drug-likeness (QED) is 0.642. The number of carbonyl (C=O) groups is 2. The van der Waals surface area contributed by atoms with Crippen LogP contribution in [0, 0.1) is 0 Å². The van der Waals surface area contributed by atoms with E-state index in [2.05, 4.69) is 12.1 Å². The molecule has 0 amide bonds. The zero-order valence-corrected chi connectivity index (χ0v) is 12.7. The van der Waals surface area contributed by atoms with Crippen LogP contribution in [0.2, 0.25) is 0 Å². The summed E-state index contributed by atoms with van der Waals surface area (Å²) in [4.78, 5) is 21.6. The Hall–Kier alpha value is -2.62. The van der Waals surface area contributed by atoms with E-state index in [1.54, 1.807) is 18.2 Å². The van der Waals surface area contributed by atoms with Gasteiger partial charge in [0, 0.05) is 12.5 Å². The lowest BCUT2D eigenvalue weighted by Crippen LogP contribution is -2.00. The Morgan fingerprint density at radius 2 is 1.82 bits per heavy atom. The van der Waals surface area contributed by atoms with Gasteiger partial charge in [-0.05, 0) is 36.2 Å². The minimum absolute atomic E-state index is 0.00896. The molecule has 0 radical (unpaired) electrons.